The summed E-state index contributed by atoms with van der Waals surface area (Å²) in [4.78, 5) is 0. The minimum absolute atomic E-state index is 0.124. The second-order valence-electron chi connectivity index (χ2n) is 6.81. The topological polar surface area (TPSA) is 0 Å². The van der Waals surface area contributed by atoms with Crippen molar-refractivity contribution in [2.45, 2.75) is 77.6 Å². The Labute approximate surface area is 111 Å². The van der Waals surface area contributed by atoms with Gasteiger partial charge in [-0.1, -0.05) is 46.0 Å². The number of hydrogen-bond donors (Lipinski definition) is 0. The SMILES string of the molecule is CC(C1CCCCC1)C(C)C1CCC(F)(F)CC1. The second kappa shape index (κ2) is 5.88. The molecule has 0 bridgehead atoms. The lowest BCUT2D eigenvalue weighted by Crippen LogP contribution is -2.32. The maximum atomic E-state index is 13.2. The van der Waals surface area contributed by atoms with Gasteiger partial charge in [0.25, 0.3) is 0 Å². The molecular formula is C16H28F2. The number of rotatable bonds is 3. The van der Waals surface area contributed by atoms with Crippen LogP contribution in [0.25, 0.3) is 0 Å². The molecule has 0 nitrogen and oxygen atoms in total. The smallest absolute Gasteiger partial charge is 0.207 e. The van der Waals surface area contributed by atoms with Crippen molar-refractivity contribution >= 4 is 0 Å². The minimum Gasteiger partial charge on any atom is -0.207 e. The van der Waals surface area contributed by atoms with E-state index in [0.717, 1.165) is 24.7 Å². The van der Waals surface area contributed by atoms with Crippen LogP contribution in [0.4, 0.5) is 8.78 Å². The fraction of sp³-hybridized carbons (Fsp3) is 1.00. The summed E-state index contributed by atoms with van der Waals surface area (Å²) in [5.74, 6) is 0.383. The molecule has 0 spiro atoms. The van der Waals surface area contributed by atoms with E-state index in [9.17, 15) is 8.78 Å². The largest absolute Gasteiger partial charge is 0.248 e. The van der Waals surface area contributed by atoms with Gasteiger partial charge in [0.2, 0.25) is 5.92 Å². The van der Waals surface area contributed by atoms with E-state index < -0.39 is 5.92 Å². The number of alkyl halides is 2. The molecule has 0 aromatic rings. The molecule has 0 aliphatic heterocycles. The van der Waals surface area contributed by atoms with E-state index in [1.54, 1.807) is 0 Å². The Hall–Kier alpha value is -0.140. The van der Waals surface area contributed by atoms with Crippen LogP contribution < -0.4 is 0 Å². The molecule has 2 aliphatic rings. The molecule has 2 saturated carbocycles. The predicted molar refractivity (Wildman–Crippen MR) is 71.8 cm³/mol. The molecule has 2 unspecified atom stereocenters. The summed E-state index contributed by atoms with van der Waals surface area (Å²) in [7, 11) is 0. The Morgan fingerprint density at radius 3 is 1.72 bits per heavy atom. The van der Waals surface area contributed by atoms with Gasteiger partial charge in [-0.15, -0.1) is 0 Å². The van der Waals surface area contributed by atoms with Crippen LogP contribution in [0.5, 0.6) is 0 Å². The predicted octanol–water partition coefficient (Wildman–Crippen LogP) is 5.66. The quantitative estimate of drug-likeness (QED) is 0.612. The molecule has 106 valence electrons. The van der Waals surface area contributed by atoms with Gasteiger partial charge in [-0.2, -0.15) is 0 Å². The Morgan fingerprint density at radius 2 is 1.22 bits per heavy atom. The molecule has 0 amide bonds. The monoisotopic (exact) mass is 258 g/mol. The molecule has 2 atom stereocenters. The Bertz CT molecular complexity index is 246. The van der Waals surface area contributed by atoms with E-state index >= 15 is 0 Å². The first kappa shape index (κ1) is 14.3. The third kappa shape index (κ3) is 3.45. The van der Waals surface area contributed by atoms with Gasteiger partial charge in [-0.05, 0) is 36.5 Å². The van der Waals surface area contributed by atoms with Crippen molar-refractivity contribution in [2.75, 3.05) is 0 Å². The molecule has 2 rings (SSSR count). The Balaban J connectivity index is 1.84. The lowest BCUT2D eigenvalue weighted by molar-refractivity contribution is -0.0562. The van der Waals surface area contributed by atoms with Crippen LogP contribution in [-0.4, -0.2) is 5.92 Å². The molecule has 0 saturated heterocycles. The summed E-state index contributed by atoms with van der Waals surface area (Å²) < 4.78 is 26.4. The maximum absolute atomic E-state index is 13.2. The van der Waals surface area contributed by atoms with Gasteiger partial charge in [0, 0.05) is 12.8 Å². The van der Waals surface area contributed by atoms with Crippen LogP contribution in [-0.2, 0) is 0 Å². The van der Waals surface area contributed by atoms with Gasteiger partial charge in [0.1, 0.15) is 0 Å². The van der Waals surface area contributed by atoms with Gasteiger partial charge < -0.3 is 0 Å². The highest BCUT2D eigenvalue weighted by molar-refractivity contribution is 4.84. The van der Waals surface area contributed by atoms with E-state index in [-0.39, 0.29) is 12.8 Å². The van der Waals surface area contributed by atoms with Crippen molar-refractivity contribution in [3.63, 3.8) is 0 Å². The van der Waals surface area contributed by atoms with E-state index in [2.05, 4.69) is 13.8 Å². The highest BCUT2D eigenvalue weighted by Crippen LogP contribution is 2.44. The van der Waals surface area contributed by atoms with Crippen LogP contribution in [0.3, 0.4) is 0 Å². The molecule has 18 heavy (non-hydrogen) atoms. The zero-order chi connectivity index (χ0) is 13.2. The molecule has 0 heterocycles. The third-order valence-electron chi connectivity index (χ3n) is 5.73. The van der Waals surface area contributed by atoms with Gasteiger partial charge in [-0.25, -0.2) is 8.78 Å². The number of halogens is 2. The van der Waals surface area contributed by atoms with Crippen LogP contribution in [0.2, 0.25) is 0 Å². The van der Waals surface area contributed by atoms with Gasteiger partial charge >= 0.3 is 0 Å². The Morgan fingerprint density at radius 1 is 0.778 bits per heavy atom. The lowest BCUT2D eigenvalue weighted by atomic mass is 9.68. The molecule has 2 heteroatoms. The Kier molecular flexibility index (Phi) is 4.66. The molecule has 0 aromatic carbocycles. The first-order valence-corrected chi connectivity index (χ1v) is 7.87. The van der Waals surface area contributed by atoms with Crippen molar-refractivity contribution in [1.29, 1.82) is 0 Å². The zero-order valence-electron chi connectivity index (χ0n) is 11.9. The van der Waals surface area contributed by atoms with Crippen molar-refractivity contribution in [3.8, 4) is 0 Å². The molecule has 0 N–H and O–H groups in total. The van der Waals surface area contributed by atoms with Crippen LogP contribution >= 0.6 is 0 Å². The van der Waals surface area contributed by atoms with Crippen LogP contribution in [0.15, 0.2) is 0 Å². The van der Waals surface area contributed by atoms with E-state index in [1.807, 2.05) is 0 Å². The van der Waals surface area contributed by atoms with Gasteiger partial charge in [0.05, 0.1) is 0 Å². The average Bonchev–Trinajstić information content (AvgIpc) is 2.38. The van der Waals surface area contributed by atoms with Crippen LogP contribution in [0, 0.1) is 23.7 Å². The fourth-order valence-electron chi connectivity index (χ4n) is 4.11. The average molecular weight is 258 g/mol. The normalized spacial score (nSPS) is 30.0. The summed E-state index contributed by atoms with van der Waals surface area (Å²) in [6, 6.07) is 0. The first-order valence-electron chi connectivity index (χ1n) is 7.87. The lowest BCUT2D eigenvalue weighted by Gasteiger charge is -2.39. The summed E-state index contributed by atoms with van der Waals surface area (Å²) in [5.41, 5.74) is 0. The second-order valence-corrected chi connectivity index (χ2v) is 6.81. The van der Waals surface area contributed by atoms with E-state index in [0.29, 0.717) is 11.8 Å². The van der Waals surface area contributed by atoms with Crippen LogP contribution in [0.1, 0.15) is 71.6 Å². The highest BCUT2D eigenvalue weighted by atomic mass is 19.3. The molecule has 2 fully saturated rings. The highest BCUT2D eigenvalue weighted by Gasteiger charge is 2.38. The standard InChI is InChI=1S/C16H28F2/c1-12(14-6-4-3-5-7-14)13(2)15-8-10-16(17,18)11-9-15/h12-15H,3-11H2,1-2H3. The summed E-state index contributed by atoms with van der Waals surface area (Å²) in [6.45, 7) is 4.68. The first-order chi connectivity index (χ1) is 8.49. The summed E-state index contributed by atoms with van der Waals surface area (Å²) in [5, 5.41) is 0. The van der Waals surface area contributed by atoms with Crippen molar-refractivity contribution < 1.29 is 8.78 Å². The summed E-state index contributed by atoms with van der Waals surface area (Å²) >= 11 is 0. The minimum atomic E-state index is -2.37. The van der Waals surface area contributed by atoms with E-state index in [4.69, 9.17) is 0 Å². The van der Waals surface area contributed by atoms with E-state index in [1.165, 1.54) is 32.1 Å². The molecule has 2 aliphatic carbocycles. The molecule has 0 aromatic heterocycles. The van der Waals surface area contributed by atoms with Crippen molar-refractivity contribution in [1.82, 2.24) is 0 Å². The summed E-state index contributed by atoms with van der Waals surface area (Å²) in [6.07, 6.45) is 8.63. The van der Waals surface area contributed by atoms with Crippen molar-refractivity contribution in [3.05, 3.63) is 0 Å². The van der Waals surface area contributed by atoms with Gasteiger partial charge in [-0.3, -0.25) is 0 Å². The maximum Gasteiger partial charge on any atom is 0.248 e. The fourth-order valence-corrected chi connectivity index (χ4v) is 4.11. The molecule has 0 radical (unpaired) electrons. The number of hydrogen-bond acceptors (Lipinski definition) is 0. The van der Waals surface area contributed by atoms with Gasteiger partial charge in [0.15, 0.2) is 0 Å². The van der Waals surface area contributed by atoms with Crippen molar-refractivity contribution in [2.24, 2.45) is 23.7 Å². The molecular weight excluding hydrogens is 230 g/mol. The zero-order valence-corrected chi connectivity index (χ0v) is 11.9. The third-order valence-corrected chi connectivity index (χ3v) is 5.73.